The second-order valence-electron chi connectivity index (χ2n) is 10.4. The summed E-state index contributed by atoms with van der Waals surface area (Å²) < 4.78 is 21.8. The zero-order chi connectivity index (χ0) is 25.6. The Hall–Kier alpha value is -3.67. The molecule has 1 N–H and O–H groups in total. The number of aromatic nitrogens is 2. The Kier molecular flexibility index (Phi) is 7.13. The molecule has 2 atom stereocenters. The van der Waals surface area contributed by atoms with Gasteiger partial charge in [-0.1, -0.05) is 26.5 Å². The topological polar surface area (TPSA) is 56.1 Å². The Balaban J connectivity index is 0.00000320. The molecule has 1 fully saturated rings. The van der Waals surface area contributed by atoms with Crippen molar-refractivity contribution in [3.8, 4) is 11.4 Å². The number of halogens is 1. The molecule has 0 radical (unpaired) electrons. The Morgan fingerprint density at radius 1 is 1.03 bits per heavy atom. The Morgan fingerprint density at radius 3 is 2.38 bits per heavy atom. The molecule has 1 aliphatic rings. The molecule has 1 heterocycles. The number of nitrogens with zero attached hydrogens (tertiary/aromatic N) is 2. The van der Waals surface area contributed by atoms with Gasteiger partial charge in [-0.25, -0.2) is 9.07 Å². The van der Waals surface area contributed by atoms with Crippen molar-refractivity contribution in [2.75, 3.05) is 0 Å². The number of benzene rings is 3. The van der Waals surface area contributed by atoms with E-state index in [0.717, 1.165) is 40.6 Å². The van der Waals surface area contributed by atoms with E-state index >= 15 is 0 Å². The molecule has 1 aliphatic carbocycles. The zero-order valence-corrected chi connectivity index (χ0v) is 21.4. The lowest BCUT2D eigenvalue weighted by Gasteiger charge is -2.29. The maximum Gasteiger partial charge on any atom is 0.226 e. The van der Waals surface area contributed by atoms with Crippen molar-refractivity contribution in [2.45, 2.75) is 67.0 Å². The van der Waals surface area contributed by atoms with Crippen LogP contribution in [0.1, 0.15) is 62.5 Å². The predicted octanol–water partition coefficient (Wildman–Crippen LogP) is 7.15. The van der Waals surface area contributed by atoms with Gasteiger partial charge in [-0.3, -0.25) is 4.79 Å². The first-order valence-corrected chi connectivity index (χ1v) is 12.4. The largest absolute Gasteiger partial charge is 0.484 e. The van der Waals surface area contributed by atoms with Crippen LogP contribution in [0.25, 0.3) is 16.6 Å². The molecular weight excluding hydrogens is 465 g/mol. The van der Waals surface area contributed by atoms with Gasteiger partial charge < -0.3 is 10.1 Å². The number of hydrogen-bond acceptors (Lipinski definition) is 3. The van der Waals surface area contributed by atoms with E-state index in [4.69, 9.17) is 4.74 Å². The Morgan fingerprint density at radius 2 is 1.70 bits per heavy atom. The minimum atomic E-state index is -0.361. The molecule has 1 amide bonds. The smallest absolute Gasteiger partial charge is 0.226 e. The second-order valence-corrected chi connectivity index (χ2v) is 10.4. The second kappa shape index (κ2) is 10.0. The van der Waals surface area contributed by atoms with Crippen LogP contribution in [-0.2, 0) is 4.79 Å². The van der Waals surface area contributed by atoms with Crippen LogP contribution in [0.3, 0.4) is 0 Å². The summed E-state index contributed by atoms with van der Waals surface area (Å²) in [5.41, 5.74) is 6.04. The van der Waals surface area contributed by atoms with E-state index in [1.165, 1.54) is 23.3 Å². The minimum absolute atomic E-state index is 0. The first-order chi connectivity index (χ1) is 17.1. The maximum absolute atomic E-state index is 13.4. The molecule has 0 saturated heterocycles. The highest BCUT2D eigenvalue weighted by Crippen LogP contribution is 2.45. The highest BCUT2D eigenvalue weighted by atomic mass is 19.1. The highest BCUT2D eigenvalue weighted by Gasteiger charge is 2.45. The predicted molar refractivity (Wildman–Crippen MR) is 147 cm³/mol. The number of carbonyl (C=O) groups excluding carboxylic acids is 1. The number of fused-ring (bicyclic) bond motifs is 1. The molecule has 4 aromatic rings. The zero-order valence-electron chi connectivity index (χ0n) is 21.4. The van der Waals surface area contributed by atoms with Crippen molar-refractivity contribution in [1.29, 1.82) is 0 Å². The third-order valence-corrected chi connectivity index (χ3v) is 7.42. The van der Waals surface area contributed by atoms with Gasteiger partial charge in [0.25, 0.3) is 0 Å². The van der Waals surface area contributed by atoms with Crippen molar-refractivity contribution in [1.82, 2.24) is 15.1 Å². The number of rotatable bonds is 7. The first-order valence-electron chi connectivity index (χ1n) is 12.4. The number of aryl methyl sites for hydroxylation is 3. The lowest BCUT2D eigenvalue weighted by molar-refractivity contribution is -0.127. The van der Waals surface area contributed by atoms with Gasteiger partial charge in [0.1, 0.15) is 17.7 Å². The van der Waals surface area contributed by atoms with Gasteiger partial charge in [-0.15, -0.1) is 0 Å². The fraction of sp³-hybridized carbons (Fsp3) is 0.355. The van der Waals surface area contributed by atoms with E-state index in [9.17, 15) is 9.18 Å². The van der Waals surface area contributed by atoms with Crippen LogP contribution in [0.15, 0.2) is 60.8 Å². The molecular formula is C31H36FN3O2. The van der Waals surface area contributed by atoms with Gasteiger partial charge in [-0.05, 0) is 105 Å². The summed E-state index contributed by atoms with van der Waals surface area (Å²) in [5.74, 6) is 0.499. The third-order valence-electron chi connectivity index (χ3n) is 7.42. The molecule has 6 heteroatoms. The molecule has 1 aromatic heterocycles. The Labute approximate surface area is 218 Å². The van der Waals surface area contributed by atoms with Crippen LogP contribution in [0.5, 0.6) is 5.75 Å². The summed E-state index contributed by atoms with van der Waals surface area (Å²) in [7, 11) is 0. The normalized spacial score (nSPS) is 15.5. The fourth-order valence-corrected chi connectivity index (χ4v) is 4.61. The number of carbonyl (C=O) groups is 1. The number of amides is 1. The van der Waals surface area contributed by atoms with Gasteiger partial charge >= 0.3 is 0 Å². The van der Waals surface area contributed by atoms with Crippen LogP contribution >= 0.6 is 0 Å². The van der Waals surface area contributed by atoms with E-state index in [1.54, 1.807) is 23.0 Å². The van der Waals surface area contributed by atoms with Crippen molar-refractivity contribution < 1.29 is 13.9 Å². The molecule has 37 heavy (non-hydrogen) atoms. The van der Waals surface area contributed by atoms with E-state index in [-0.39, 0.29) is 36.7 Å². The van der Waals surface area contributed by atoms with Gasteiger partial charge in [0.2, 0.25) is 5.91 Å². The standard InChI is InChI=1S/C30H32FN3O2.CH4/c1-18-14-20(3)26(15-19(18)2)28(21(4)33-29(35)30(5)12-13-30)36-25-10-11-27-22(16-25)17-32-34(27)24-8-6-23(31)7-9-24;/h6-11,14-17,21,28H,12-13H2,1-5H3,(H,33,35);1H4/t21-,28-;/m0./s1. The number of hydrogen-bond donors (Lipinski definition) is 1. The van der Waals surface area contributed by atoms with Crippen molar-refractivity contribution >= 4 is 16.8 Å². The summed E-state index contributed by atoms with van der Waals surface area (Å²) in [4.78, 5) is 12.9. The molecule has 5 nitrogen and oxygen atoms in total. The molecule has 0 aliphatic heterocycles. The highest BCUT2D eigenvalue weighted by molar-refractivity contribution is 5.85. The summed E-state index contributed by atoms with van der Waals surface area (Å²) in [6, 6.07) is 16.2. The molecule has 1 saturated carbocycles. The van der Waals surface area contributed by atoms with Gasteiger partial charge in [0, 0.05) is 10.8 Å². The van der Waals surface area contributed by atoms with E-state index < -0.39 is 0 Å². The molecule has 3 aromatic carbocycles. The van der Waals surface area contributed by atoms with Crippen LogP contribution in [-0.4, -0.2) is 21.7 Å². The summed E-state index contributed by atoms with van der Waals surface area (Å²) in [6.07, 6.45) is 3.27. The summed E-state index contributed by atoms with van der Waals surface area (Å²) in [5, 5.41) is 8.63. The molecule has 194 valence electrons. The van der Waals surface area contributed by atoms with E-state index in [0.29, 0.717) is 5.75 Å². The maximum atomic E-state index is 13.4. The molecule has 0 unspecified atom stereocenters. The van der Waals surface area contributed by atoms with Crippen LogP contribution in [0.4, 0.5) is 4.39 Å². The van der Waals surface area contributed by atoms with Crippen molar-refractivity contribution in [3.63, 3.8) is 0 Å². The third kappa shape index (κ3) is 5.24. The summed E-state index contributed by atoms with van der Waals surface area (Å²) >= 11 is 0. The van der Waals surface area contributed by atoms with Crippen molar-refractivity contribution in [2.24, 2.45) is 5.41 Å². The van der Waals surface area contributed by atoms with Crippen LogP contribution < -0.4 is 10.1 Å². The molecule has 0 bridgehead atoms. The lowest BCUT2D eigenvalue weighted by Crippen LogP contribution is -2.42. The Bertz CT molecular complexity index is 1440. The lowest BCUT2D eigenvalue weighted by atomic mass is 9.93. The van der Waals surface area contributed by atoms with E-state index in [2.05, 4.69) is 43.3 Å². The quantitative estimate of drug-likeness (QED) is 0.293. The van der Waals surface area contributed by atoms with Gasteiger partial charge in [-0.2, -0.15) is 5.10 Å². The molecule has 0 spiro atoms. The SMILES string of the molecule is C.Cc1cc(C)c([C@@H](Oc2ccc3c(cnn3-c3ccc(F)cc3)c2)[C@H](C)NC(=O)C2(C)CC2)cc1C. The van der Waals surface area contributed by atoms with Crippen molar-refractivity contribution in [3.05, 3.63) is 88.9 Å². The first kappa shape index (κ1) is 26.4. The minimum Gasteiger partial charge on any atom is -0.484 e. The molecule has 5 rings (SSSR count). The number of ether oxygens (including phenoxy) is 1. The summed E-state index contributed by atoms with van der Waals surface area (Å²) in [6.45, 7) is 10.3. The van der Waals surface area contributed by atoms with Crippen LogP contribution in [0, 0.1) is 32.0 Å². The van der Waals surface area contributed by atoms with Crippen LogP contribution in [0.2, 0.25) is 0 Å². The number of nitrogens with one attached hydrogen (secondary N) is 1. The van der Waals surface area contributed by atoms with Gasteiger partial charge in [0.05, 0.1) is 23.4 Å². The van der Waals surface area contributed by atoms with E-state index in [1.807, 2.05) is 32.0 Å². The average Bonchev–Trinajstić information content (AvgIpc) is 3.47. The monoisotopic (exact) mass is 501 g/mol. The average molecular weight is 502 g/mol. The fourth-order valence-electron chi connectivity index (χ4n) is 4.61. The van der Waals surface area contributed by atoms with Gasteiger partial charge in [0.15, 0.2) is 0 Å².